The summed E-state index contributed by atoms with van der Waals surface area (Å²) < 4.78 is 9.26. The Kier molecular flexibility index (Phi) is 6.70. The largest absolute Gasteiger partial charge is 0.456 e. The zero-order chi connectivity index (χ0) is 26.9. The van der Waals surface area contributed by atoms with Crippen LogP contribution >= 0.6 is 11.3 Å². The number of imidazole rings is 1. The molecule has 1 unspecified atom stereocenters. The van der Waals surface area contributed by atoms with Crippen LogP contribution in [0.1, 0.15) is 31.9 Å². The summed E-state index contributed by atoms with van der Waals surface area (Å²) >= 11 is 1.60. The number of anilines is 1. The van der Waals surface area contributed by atoms with E-state index < -0.39 is 5.92 Å². The first-order valence-electron chi connectivity index (χ1n) is 13.0. The van der Waals surface area contributed by atoms with Crippen LogP contribution in [0, 0.1) is 5.92 Å². The Labute approximate surface area is 230 Å². The molecule has 7 nitrogen and oxygen atoms in total. The van der Waals surface area contributed by atoms with Gasteiger partial charge < -0.3 is 14.2 Å². The van der Waals surface area contributed by atoms with Gasteiger partial charge in [-0.05, 0) is 56.2 Å². The summed E-state index contributed by atoms with van der Waals surface area (Å²) in [7, 11) is 0. The third-order valence-corrected chi connectivity index (χ3v) is 8.18. The summed E-state index contributed by atoms with van der Waals surface area (Å²) in [5.41, 5.74) is 3.48. The molecule has 1 fully saturated rings. The molecule has 196 valence electrons. The molecule has 4 heterocycles. The Balaban J connectivity index is 1.13. The molecule has 0 bridgehead atoms. The van der Waals surface area contributed by atoms with E-state index in [9.17, 15) is 9.59 Å². The number of pyridine rings is 1. The topological polar surface area (TPSA) is 77.3 Å². The summed E-state index contributed by atoms with van der Waals surface area (Å²) in [6.45, 7) is 4.81. The number of hydrogen-bond acceptors (Lipinski definition) is 6. The Bertz CT molecular complexity index is 1640. The SMILES string of the molecule is CC(C)n1cnc(-c2cc3nccc(Oc4ccc(CC(=O)C5CCN(c6ccccc6)C5=O)cc4)c3s2)c1. The van der Waals surface area contributed by atoms with Crippen LogP contribution < -0.4 is 9.64 Å². The number of carbonyl (C=O) groups excluding carboxylic acids is 2. The van der Waals surface area contributed by atoms with Crippen molar-refractivity contribution in [3.05, 3.63) is 91.0 Å². The van der Waals surface area contributed by atoms with Crippen LogP contribution in [0.2, 0.25) is 0 Å². The van der Waals surface area contributed by atoms with Crippen molar-refractivity contribution in [3.8, 4) is 22.1 Å². The molecule has 1 amide bonds. The van der Waals surface area contributed by atoms with E-state index in [0.717, 1.165) is 37.8 Å². The highest BCUT2D eigenvalue weighted by atomic mass is 32.1. The van der Waals surface area contributed by atoms with Gasteiger partial charge >= 0.3 is 0 Å². The number of para-hydroxylation sites is 1. The lowest BCUT2D eigenvalue weighted by molar-refractivity contribution is -0.130. The number of aromatic nitrogens is 3. The van der Waals surface area contributed by atoms with Crippen molar-refractivity contribution in [2.45, 2.75) is 32.7 Å². The lowest BCUT2D eigenvalue weighted by Crippen LogP contribution is -2.30. The summed E-state index contributed by atoms with van der Waals surface area (Å²) in [6.07, 6.45) is 6.41. The molecule has 0 spiro atoms. The number of fused-ring (bicyclic) bond motifs is 1. The van der Waals surface area contributed by atoms with Crippen molar-refractivity contribution in [1.29, 1.82) is 0 Å². The van der Waals surface area contributed by atoms with Crippen LogP contribution in [-0.2, 0) is 16.0 Å². The maximum Gasteiger partial charge on any atom is 0.237 e. The zero-order valence-corrected chi connectivity index (χ0v) is 22.6. The van der Waals surface area contributed by atoms with Gasteiger partial charge in [0.15, 0.2) is 0 Å². The van der Waals surface area contributed by atoms with Crippen molar-refractivity contribution in [1.82, 2.24) is 14.5 Å². The van der Waals surface area contributed by atoms with Crippen molar-refractivity contribution in [2.75, 3.05) is 11.4 Å². The number of Topliss-reactive ketones (excluding diaryl/α,β-unsaturated/α-hetero) is 1. The standard InChI is InChI=1S/C31H28N4O3S/c1-20(2)34-18-26(33-19-34)29-17-25-30(39-29)28(12-14-32-25)38-23-10-8-21(9-11-23)16-27(36)24-13-15-35(31(24)37)22-6-4-3-5-7-22/h3-12,14,17-20,24H,13,15-16H2,1-2H3. The molecule has 6 rings (SSSR count). The van der Waals surface area contributed by atoms with Gasteiger partial charge in [-0.2, -0.15) is 0 Å². The fourth-order valence-electron chi connectivity index (χ4n) is 4.84. The molecule has 1 saturated heterocycles. The van der Waals surface area contributed by atoms with Gasteiger partial charge in [0.2, 0.25) is 5.91 Å². The van der Waals surface area contributed by atoms with E-state index in [-0.39, 0.29) is 18.1 Å². The van der Waals surface area contributed by atoms with Crippen molar-refractivity contribution >= 4 is 38.9 Å². The van der Waals surface area contributed by atoms with Gasteiger partial charge in [0.25, 0.3) is 0 Å². The van der Waals surface area contributed by atoms with Crippen molar-refractivity contribution in [3.63, 3.8) is 0 Å². The minimum atomic E-state index is -0.591. The van der Waals surface area contributed by atoms with E-state index in [4.69, 9.17) is 4.74 Å². The van der Waals surface area contributed by atoms with E-state index in [0.29, 0.717) is 24.8 Å². The number of rotatable bonds is 8. The van der Waals surface area contributed by atoms with Gasteiger partial charge in [-0.1, -0.05) is 30.3 Å². The molecule has 0 saturated carbocycles. The van der Waals surface area contributed by atoms with Gasteiger partial charge in [-0.25, -0.2) is 4.98 Å². The Morgan fingerprint density at radius 3 is 2.62 bits per heavy atom. The van der Waals surface area contributed by atoms with Gasteiger partial charge in [0, 0.05) is 43.2 Å². The summed E-state index contributed by atoms with van der Waals surface area (Å²) in [4.78, 5) is 37.7. The van der Waals surface area contributed by atoms with Gasteiger partial charge in [0.1, 0.15) is 17.3 Å². The van der Waals surface area contributed by atoms with E-state index in [1.807, 2.05) is 79.3 Å². The average Bonchev–Trinajstić information content (AvgIpc) is 3.69. The fourth-order valence-corrected chi connectivity index (χ4v) is 5.86. The van der Waals surface area contributed by atoms with Crippen LogP contribution in [0.4, 0.5) is 5.69 Å². The van der Waals surface area contributed by atoms with Gasteiger partial charge in [-0.3, -0.25) is 14.6 Å². The van der Waals surface area contributed by atoms with Crippen molar-refractivity contribution < 1.29 is 14.3 Å². The van der Waals surface area contributed by atoms with E-state index in [1.165, 1.54) is 0 Å². The molecular formula is C31H28N4O3S. The molecule has 0 radical (unpaired) electrons. The van der Waals surface area contributed by atoms with E-state index in [2.05, 4.69) is 28.4 Å². The second-order valence-electron chi connectivity index (χ2n) is 9.99. The number of hydrogen-bond donors (Lipinski definition) is 0. The molecule has 1 atom stereocenters. The number of thiophene rings is 1. The first kappa shape index (κ1) is 25.0. The lowest BCUT2D eigenvalue weighted by Gasteiger charge is -2.16. The van der Waals surface area contributed by atoms with Crippen molar-refractivity contribution in [2.24, 2.45) is 5.92 Å². The maximum atomic E-state index is 13.0. The van der Waals surface area contributed by atoms with Gasteiger partial charge in [0.05, 0.1) is 33.0 Å². The monoisotopic (exact) mass is 536 g/mol. The van der Waals surface area contributed by atoms with Gasteiger partial charge in [-0.15, -0.1) is 11.3 Å². The summed E-state index contributed by atoms with van der Waals surface area (Å²) in [5, 5.41) is 0. The highest BCUT2D eigenvalue weighted by molar-refractivity contribution is 7.22. The third-order valence-electron chi connectivity index (χ3n) is 7.02. The van der Waals surface area contributed by atoms with Crippen LogP contribution in [0.25, 0.3) is 20.8 Å². The van der Waals surface area contributed by atoms with E-state index >= 15 is 0 Å². The minimum absolute atomic E-state index is 0.0473. The molecule has 0 N–H and O–H groups in total. The molecule has 1 aliphatic heterocycles. The van der Waals surface area contributed by atoms with Crippen LogP contribution in [0.3, 0.4) is 0 Å². The first-order chi connectivity index (χ1) is 19.0. The predicted molar refractivity (Wildman–Crippen MR) is 153 cm³/mol. The first-order valence-corrected chi connectivity index (χ1v) is 13.9. The zero-order valence-electron chi connectivity index (χ0n) is 21.8. The fraction of sp³-hybridized carbons (Fsp3) is 0.226. The lowest BCUT2D eigenvalue weighted by atomic mass is 9.96. The Morgan fingerprint density at radius 2 is 1.87 bits per heavy atom. The molecule has 1 aliphatic rings. The summed E-state index contributed by atoms with van der Waals surface area (Å²) in [5.74, 6) is 0.644. The number of ether oxygens (including phenoxy) is 1. The molecule has 8 heteroatoms. The average molecular weight is 537 g/mol. The quantitative estimate of drug-likeness (QED) is 0.206. The number of carbonyl (C=O) groups is 2. The molecule has 2 aromatic carbocycles. The molecule has 3 aromatic heterocycles. The Hall–Kier alpha value is -4.30. The summed E-state index contributed by atoms with van der Waals surface area (Å²) in [6, 6.07) is 21.3. The predicted octanol–water partition coefficient (Wildman–Crippen LogP) is 6.70. The maximum absolute atomic E-state index is 13.0. The van der Waals surface area contributed by atoms with Crippen LogP contribution in [0.15, 0.2) is 85.5 Å². The number of nitrogens with zero attached hydrogens (tertiary/aromatic N) is 4. The second kappa shape index (κ2) is 10.5. The molecule has 39 heavy (non-hydrogen) atoms. The molecular weight excluding hydrogens is 508 g/mol. The third kappa shape index (κ3) is 5.07. The smallest absolute Gasteiger partial charge is 0.237 e. The highest BCUT2D eigenvalue weighted by Crippen LogP contribution is 2.39. The molecule has 5 aromatic rings. The van der Waals surface area contributed by atoms with E-state index in [1.54, 1.807) is 22.4 Å². The normalized spacial score (nSPS) is 15.4. The second-order valence-corrected chi connectivity index (χ2v) is 11.0. The number of benzene rings is 2. The number of ketones is 1. The minimum Gasteiger partial charge on any atom is -0.456 e. The van der Waals surface area contributed by atoms with Crippen LogP contribution in [-0.4, -0.2) is 32.8 Å². The Morgan fingerprint density at radius 1 is 1.08 bits per heavy atom. The van der Waals surface area contributed by atoms with Crippen LogP contribution in [0.5, 0.6) is 11.5 Å². The number of amides is 1. The molecule has 0 aliphatic carbocycles. The highest BCUT2D eigenvalue weighted by Gasteiger charge is 2.37.